The number of unbranched alkanes of at least 4 members (excludes halogenated alkanes) is 1. The molecule has 15 heavy (non-hydrogen) atoms. The minimum absolute atomic E-state index is 0.186. The third-order valence-electron chi connectivity index (χ3n) is 1.84. The first-order chi connectivity index (χ1) is 7.16. The topological polar surface area (TPSA) is 29.5 Å². The van der Waals surface area contributed by atoms with Crippen molar-refractivity contribution in [2.75, 3.05) is 6.61 Å². The first-order valence-corrected chi connectivity index (χ1v) is 4.57. The van der Waals surface area contributed by atoms with E-state index >= 15 is 0 Å². The van der Waals surface area contributed by atoms with Crippen molar-refractivity contribution in [1.29, 1.82) is 0 Å². The molecule has 0 saturated heterocycles. The van der Waals surface area contributed by atoms with Gasteiger partial charge in [-0.05, 0) is 25.0 Å². The number of phenols is 1. The molecule has 0 aromatic heterocycles. The Balaban J connectivity index is 2.62. The smallest absolute Gasteiger partial charge is 0.204 e. The number of rotatable bonds is 5. The summed E-state index contributed by atoms with van der Waals surface area (Å²) in [7, 11) is 0. The Hall–Kier alpha value is -1.58. The highest BCUT2D eigenvalue weighted by Gasteiger charge is 2.13. The second kappa shape index (κ2) is 5.34. The number of benzene rings is 1. The number of allylic oxidation sites excluding steroid dienone is 1. The predicted octanol–water partition coefficient (Wildman–Crippen LogP) is 3.02. The molecule has 0 heterocycles. The predicted molar refractivity (Wildman–Crippen MR) is 52.9 cm³/mol. The molecule has 0 amide bonds. The van der Waals surface area contributed by atoms with Gasteiger partial charge < -0.3 is 9.84 Å². The SMILES string of the molecule is C=CCCCOc1ccc(O)c(F)c1F. The Morgan fingerprint density at radius 2 is 2.07 bits per heavy atom. The molecule has 1 rings (SSSR count). The number of phenolic OH excluding ortho intramolecular Hbond substituents is 1. The summed E-state index contributed by atoms with van der Waals surface area (Å²) < 4.78 is 30.9. The van der Waals surface area contributed by atoms with Gasteiger partial charge in [0, 0.05) is 0 Å². The Labute approximate surface area is 86.8 Å². The maximum Gasteiger partial charge on any atom is 0.204 e. The van der Waals surface area contributed by atoms with E-state index in [9.17, 15) is 8.78 Å². The van der Waals surface area contributed by atoms with Crippen LogP contribution in [0.25, 0.3) is 0 Å². The van der Waals surface area contributed by atoms with Gasteiger partial charge >= 0.3 is 0 Å². The zero-order valence-corrected chi connectivity index (χ0v) is 8.17. The summed E-state index contributed by atoms with van der Waals surface area (Å²) in [4.78, 5) is 0. The van der Waals surface area contributed by atoms with E-state index in [-0.39, 0.29) is 12.4 Å². The van der Waals surface area contributed by atoms with E-state index in [2.05, 4.69) is 6.58 Å². The van der Waals surface area contributed by atoms with Crippen LogP contribution in [0.1, 0.15) is 12.8 Å². The Bertz CT molecular complexity index is 351. The largest absolute Gasteiger partial charge is 0.505 e. The van der Waals surface area contributed by atoms with Gasteiger partial charge in [0.15, 0.2) is 11.5 Å². The van der Waals surface area contributed by atoms with E-state index in [0.29, 0.717) is 6.42 Å². The van der Waals surface area contributed by atoms with Crippen molar-refractivity contribution in [3.8, 4) is 11.5 Å². The van der Waals surface area contributed by atoms with Crippen molar-refractivity contribution < 1.29 is 18.6 Å². The Morgan fingerprint density at radius 3 is 2.73 bits per heavy atom. The third kappa shape index (κ3) is 2.94. The lowest BCUT2D eigenvalue weighted by Crippen LogP contribution is -2.00. The molecular weight excluding hydrogens is 202 g/mol. The van der Waals surface area contributed by atoms with Crippen LogP contribution in [0.5, 0.6) is 11.5 Å². The average molecular weight is 214 g/mol. The quantitative estimate of drug-likeness (QED) is 0.603. The molecule has 82 valence electrons. The Kier molecular flexibility index (Phi) is 4.09. The van der Waals surface area contributed by atoms with E-state index in [0.717, 1.165) is 12.5 Å². The van der Waals surface area contributed by atoms with Gasteiger partial charge in [0.05, 0.1) is 6.61 Å². The summed E-state index contributed by atoms with van der Waals surface area (Å²) in [6.45, 7) is 3.81. The molecule has 0 bridgehead atoms. The summed E-state index contributed by atoms with van der Waals surface area (Å²) in [6, 6.07) is 2.25. The second-order valence-corrected chi connectivity index (χ2v) is 2.99. The standard InChI is InChI=1S/C11H12F2O2/c1-2-3-4-7-15-9-6-5-8(14)10(12)11(9)13/h2,5-6,14H,1,3-4,7H2. The minimum atomic E-state index is -1.28. The molecule has 0 aliphatic carbocycles. The summed E-state index contributed by atoms with van der Waals surface area (Å²) >= 11 is 0. The van der Waals surface area contributed by atoms with Crippen molar-refractivity contribution in [1.82, 2.24) is 0 Å². The lowest BCUT2D eigenvalue weighted by molar-refractivity contribution is 0.287. The Morgan fingerprint density at radius 1 is 1.33 bits per heavy atom. The van der Waals surface area contributed by atoms with Crippen molar-refractivity contribution in [2.45, 2.75) is 12.8 Å². The molecule has 0 radical (unpaired) electrons. The van der Waals surface area contributed by atoms with Gasteiger partial charge in [-0.25, -0.2) is 0 Å². The van der Waals surface area contributed by atoms with Gasteiger partial charge in [0.25, 0.3) is 0 Å². The lowest BCUT2D eigenvalue weighted by atomic mass is 10.3. The molecule has 0 spiro atoms. The molecule has 0 atom stereocenters. The zero-order chi connectivity index (χ0) is 11.3. The van der Waals surface area contributed by atoms with E-state index in [1.165, 1.54) is 6.07 Å². The molecular formula is C11H12F2O2. The molecule has 4 heteroatoms. The highest BCUT2D eigenvalue weighted by molar-refractivity contribution is 5.33. The summed E-state index contributed by atoms with van der Waals surface area (Å²) in [5.41, 5.74) is 0. The number of hydrogen-bond donors (Lipinski definition) is 1. The fourth-order valence-electron chi connectivity index (χ4n) is 1.04. The highest BCUT2D eigenvalue weighted by Crippen LogP contribution is 2.26. The first-order valence-electron chi connectivity index (χ1n) is 4.57. The number of hydrogen-bond acceptors (Lipinski definition) is 2. The van der Waals surface area contributed by atoms with Crippen LogP contribution in [0.4, 0.5) is 8.78 Å². The van der Waals surface area contributed by atoms with Gasteiger partial charge in [-0.15, -0.1) is 6.58 Å². The lowest BCUT2D eigenvalue weighted by Gasteiger charge is -2.07. The summed E-state index contributed by atoms with van der Waals surface area (Å²) in [6.07, 6.45) is 3.16. The molecule has 0 saturated carbocycles. The van der Waals surface area contributed by atoms with Crippen molar-refractivity contribution in [2.24, 2.45) is 0 Å². The van der Waals surface area contributed by atoms with Crippen LogP contribution in [0.2, 0.25) is 0 Å². The van der Waals surface area contributed by atoms with Crippen LogP contribution in [0.15, 0.2) is 24.8 Å². The van der Waals surface area contributed by atoms with Crippen molar-refractivity contribution in [3.63, 3.8) is 0 Å². The maximum atomic E-state index is 13.1. The van der Waals surface area contributed by atoms with Gasteiger partial charge in [0.2, 0.25) is 11.6 Å². The van der Waals surface area contributed by atoms with E-state index in [1.54, 1.807) is 6.08 Å². The number of ether oxygens (including phenoxy) is 1. The van der Waals surface area contributed by atoms with Crippen LogP contribution in [0.3, 0.4) is 0 Å². The van der Waals surface area contributed by atoms with Crippen LogP contribution in [0, 0.1) is 11.6 Å². The molecule has 1 N–H and O–H groups in total. The van der Waals surface area contributed by atoms with Gasteiger partial charge in [0.1, 0.15) is 0 Å². The van der Waals surface area contributed by atoms with Crippen molar-refractivity contribution >= 4 is 0 Å². The normalized spacial score (nSPS) is 10.0. The molecule has 1 aromatic carbocycles. The van der Waals surface area contributed by atoms with Crippen LogP contribution in [-0.4, -0.2) is 11.7 Å². The number of aromatic hydroxyl groups is 1. The molecule has 0 aliphatic rings. The fraction of sp³-hybridized carbons (Fsp3) is 0.273. The molecule has 1 aromatic rings. The average Bonchev–Trinajstić information content (AvgIpc) is 2.24. The zero-order valence-electron chi connectivity index (χ0n) is 8.17. The first kappa shape index (κ1) is 11.5. The van der Waals surface area contributed by atoms with Crippen LogP contribution >= 0.6 is 0 Å². The van der Waals surface area contributed by atoms with Crippen LogP contribution in [-0.2, 0) is 0 Å². The number of halogens is 2. The molecule has 0 unspecified atom stereocenters. The highest BCUT2D eigenvalue weighted by atomic mass is 19.2. The maximum absolute atomic E-state index is 13.1. The fourth-order valence-corrected chi connectivity index (χ4v) is 1.04. The summed E-state index contributed by atoms with van der Waals surface area (Å²) in [5, 5.41) is 8.85. The third-order valence-corrected chi connectivity index (χ3v) is 1.84. The van der Waals surface area contributed by atoms with Crippen LogP contribution < -0.4 is 4.74 Å². The van der Waals surface area contributed by atoms with E-state index in [1.807, 2.05) is 0 Å². The molecule has 2 nitrogen and oxygen atoms in total. The van der Waals surface area contributed by atoms with Gasteiger partial charge in [-0.1, -0.05) is 6.08 Å². The van der Waals surface area contributed by atoms with Gasteiger partial charge in [-0.3, -0.25) is 0 Å². The van der Waals surface area contributed by atoms with Gasteiger partial charge in [-0.2, -0.15) is 8.78 Å². The minimum Gasteiger partial charge on any atom is -0.505 e. The second-order valence-electron chi connectivity index (χ2n) is 2.99. The molecule has 0 fully saturated rings. The summed E-state index contributed by atoms with van der Waals surface area (Å²) in [5.74, 6) is -3.34. The van der Waals surface area contributed by atoms with Crippen molar-refractivity contribution in [3.05, 3.63) is 36.4 Å². The van der Waals surface area contributed by atoms with E-state index in [4.69, 9.17) is 9.84 Å². The monoisotopic (exact) mass is 214 g/mol. The molecule has 0 aliphatic heterocycles. The van der Waals surface area contributed by atoms with E-state index < -0.39 is 17.4 Å².